The maximum Gasteiger partial charge on any atom is 0.364 e. The van der Waals surface area contributed by atoms with E-state index < -0.39 is 14.3 Å². The summed E-state index contributed by atoms with van der Waals surface area (Å²) >= 11 is 0. The van der Waals surface area contributed by atoms with Crippen LogP contribution in [0.3, 0.4) is 0 Å². The lowest BCUT2D eigenvalue weighted by Crippen LogP contribution is -2.26. The van der Waals surface area contributed by atoms with Gasteiger partial charge >= 0.3 is 5.97 Å². The molecule has 3 radical (unpaired) electrons. The van der Waals surface area contributed by atoms with Crippen molar-refractivity contribution in [3.63, 3.8) is 0 Å². The van der Waals surface area contributed by atoms with Crippen molar-refractivity contribution in [1.82, 2.24) is 0 Å². The van der Waals surface area contributed by atoms with Crippen molar-refractivity contribution in [1.29, 1.82) is 0 Å². The van der Waals surface area contributed by atoms with Crippen molar-refractivity contribution >= 4 is 35.8 Å². The largest absolute Gasteiger partial charge is 0.492 e. The van der Waals surface area contributed by atoms with Crippen LogP contribution in [-0.2, 0) is 20.7 Å². The molecule has 1 rings (SSSR count). The lowest BCUT2D eigenvalue weighted by Gasteiger charge is -2.22. The predicted molar refractivity (Wildman–Crippen MR) is 114 cm³/mol. The van der Waals surface area contributed by atoms with Crippen molar-refractivity contribution < 1.29 is 28.5 Å². The fourth-order valence-corrected chi connectivity index (χ4v) is 3.30. The zero-order valence-electron chi connectivity index (χ0n) is 18.1. The zero-order chi connectivity index (χ0) is 21.5. The molecule has 0 saturated heterocycles. The van der Waals surface area contributed by atoms with Crippen LogP contribution < -0.4 is 19.4 Å². The predicted octanol–water partition coefficient (Wildman–Crippen LogP) is 3.42. The first kappa shape index (κ1) is 24.3. The Labute approximate surface area is 172 Å². The van der Waals surface area contributed by atoms with Crippen LogP contribution >= 0.6 is 0 Å². The van der Waals surface area contributed by atoms with Crippen LogP contribution in [0.5, 0.6) is 17.2 Å². The molecular weight excluding hydrogens is 392 g/mol. The van der Waals surface area contributed by atoms with Gasteiger partial charge in [-0.15, -0.1) is 0 Å². The highest BCUT2D eigenvalue weighted by atomic mass is 28.4. The third-order valence-electron chi connectivity index (χ3n) is 3.85. The van der Waals surface area contributed by atoms with Crippen molar-refractivity contribution in [3.8, 4) is 17.2 Å². The second-order valence-corrected chi connectivity index (χ2v) is 12.6. The number of methoxy groups -OCH3 is 3. The first-order valence-electron chi connectivity index (χ1n) is 9.19. The average Bonchev–Trinajstić information content (AvgIpc) is 2.62. The molecule has 0 atom stereocenters. The van der Waals surface area contributed by atoms with Crippen LogP contribution in [0, 0.1) is 5.92 Å². The molecule has 0 aliphatic heterocycles. The number of carbonyl (C=O) groups is 1. The molecular formula is C20H31O6Si2. The van der Waals surface area contributed by atoms with Crippen LogP contribution in [0.2, 0.25) is 19.6 Å². The van der Waals surface area contributed by atoms with Gasteiger partial charge in [0.05, 0.1) is 31.6 Å². The van der Waals surface area contributed by atoms with E-state index in [1.165, 1.54) is 6.08 Å². The fourth-order valence-electron chi connectivity index (χ4n) is 2.53. The van der Waals surface area contributed by atoms with Crippen LogP contribution in [-0.4, -0.2) is 45.9 Å². The van der Waals surface area contributed by atoms with Gasteiger partial charge in [0.2, 0.25) is 14.1 Å². The Bertz CT molecular complexity index is 708. The van der Waals surface area contributed by atoms with E-state index in [2.05, 4.69) is 24.1 Å². The second-order valence-electron chi connectivity index (χ2n) is 7.73. The normalized spacial score (nSPS) is 11.8. The van der Waals surface area contributed by atoms with Crippen molar-refractivity contribution in [3.05, 3.63) is 17.2 Å². The number of carbonyl (C=O) groups excluding carboxylic acids is 1. The Morgan fingerprint density at radius 1 is 1.04 bits per heavy atom. The number of benzene rings is 1. The number of hydrogen-bond donors (Lipinski definition) is 0. The van der Waals surface area contributed by atoms with Gasteiger partial charge in [0.15, 0.2) is 11.5 Å². The summed E-state index contributed by atoms with van der Waals surface area (Å²) in [5, 5.41) is 0.783. The Hall–Kier alpha value is -1.78. The van der Waals surface area contributed by atoms with Crippen molar-refractivity contribution in [2.45, 2.75) is 46.3 Å². The highest BCUT2D eigenvalue weighted by molar-refractivity contribution is 6.69. The molecule has 1 aromatic carbocycles. The monoisotopic (exact) mass is 423 g/mol. The van der Waals surface area contributed by atoms with Gasteiger partial charge in [-0.1, -0.05) is 13.8 Å². The summed E-state index contributed by atoms with van der Waals surface area (Å²) in [6.07, 6.45) is 4.68. The summed E-state index contributed by atoms with van der Waals surface area (Å²) in [4.78, 5) is 16.9. The molecule has 0 spiro atoms. The van der Waals surface area contributed by atoms with Crippen molar-refractivity contribution in [2.24, 2.45) is 5.92 Å². The van der Waals surface area contributed by atoms with E-state index in [1.54, 1.807) is 27.4 Å². The summed E-state index contributed by atoms with van der Waals surface area (Å²) in [7, 11) is 6.46. The quantitative estimate of drug-likeness (QED) is 0.249. The second kappa shape index (κ2) is 10.7. The highest BCUT2D eigenvalue weighted by Gasteiger charge is 2.24. The average molecular weight is 424 g/mol. The van der Waals surface area contributed by atoms with E-state index in [0.29, 0.717) is 28.7 Å². The standard InChI is InChI=1S/C20H31O6Si2/c1-13(2)9-10-14-17(22-3)19(24-5)18(23-4)15(20(14)27)11-12-16(21)25-26-28(6,7)8/h11-13H,9-10H2,1-8H3/b12-11+. The van der Waals surface area contributed by atoms with E-state index in [1.807, 2.05) is 19.6 Å². The van der Waals surface area contributed by atoms with Gasteiger partial charge in [0.25, 0.3) is 0 Å². The SMILES string of the molecule is COc1c(/C=C/C(=O)OO[Si](C)(C)C)c([Si])c(CCC(C)C)c(OC)c1OC. The Morgan fingerprint density at radius 3 is 2.07 bits per heavy atom. The van der Waals surface area contributed by atoms with Crippen LogP contribution in [0.25, 0.3) is 6.08 Å². The summed E-state index contributed by atoms with van der Waals surface area (Å²) in [5.41, 5.74) is 1.62. The van der Waals surface area contributed by atoms with Gasteiger partial charge in [-0.3, -0.25) is 0 Å². The minimum atomic E-state index is -1.96. The van der Waals surface area contributed by atoms with Gasteiger partial charge in [0, 0.05) is 11.6 Å². The molecule has 1 aromatic rings. The van der Waals surface area contributed by atoms with Gasteiger partial charge in [-0.05, 0) is 55.2 Å². The number of hydrogen-bond acceptors (Lipinski definition) is 6. The van der Waals surface area contributed by atoms with Crippen LogP contribution in [0.15, 0.2) is 6.08 Å². The summed E-state index contributed by atoms with van der Waals surface area (Å²) < 4.78 is 21.9. The molecule has 0 saturated carbocycles. The summed E-state index contributed by atoms with van der Waals surface area (Å²) in [6.45, 7) is 10.1. The fraction of sp³-hybridized carbons (Fsp3) is 0.550. The third kappa shape index (κ3) is 6.68. The molecule has 0 bridgehead atoms. The Balaban J connectivity index is 3.37. The molecule has 155 valence electrons. The van der Waals surface area contributed by atoms with E-state index >= 15 is 0 Å². The summed E-state index contributed by atoms with van der Waals surface area (Å²) in [6, 6.07) is 0. The molecule has 0 unspecified atom stereocenters. The summed E-state index contributed by atoms with van der Waals surface area (Å²) in [5.74, 6) is 1.50. The molecule has 0 aliphatic carbocycles. The minimum Gasteiger partial charge on any atom is -0.492 e. The number of rotatable bonds is 10. The van der Waals surface area contributed by atoms with Gasteiger partial charge in [-0.2, -0.15) is 0 Å². The van der Waals surface area contributed by atoms with E-state index in [9.17, 15) is 4.79 Å². The molecule has 28 heavy (non-hydrogen) atoms. The number of ether oxygens (including phenoxy) is 3. The smallest absolute Gasteiger partial charge is 0.364 e. The van der Waals surface area contributed by atoms with Crippen LogP contribution in [0.4, 0.5) is 0 Å². The molecule has 0 N–H and O–H groups in total. The third-order valence-corrected chi connectivity index (χ3v) is 5.00. The lowest BCUT2D eigenvalue weighted by molar-refractivity contribution is -0.213. The molecule has 0 aliphatic rings. The van der Waals surface area contributed by atoms with Crippen molar-refractivity contribution in [2.75, 3.05) is 21.3 Å². The van der Waals surface area contributed by atoms with E-state index in [4.69, 9.17) is 23.7 Å². The Kier molecular flexibility index (Phi) is 9.26. The van der Waals surface area contributed by atoms with E-state index in [0.717, 1.165) is 23.6 Å². The Morgan fingerprint density at radius 2 is 1.61 bits per heavy atom. The van der Waals surface area contributed by atoms with E-state index in [-0.39, 0.29) is 0 Å². The highest BCUT2D eigenvalue weighted by Crippen LogP contribution is 2.42. The molecule has 0 fully saturated rings. The molecule has 0 amide bonds. The minimum absolute atomic E-state index is 0.466. The first-order chi connectivity index (χ1) is 13.1. The molecule has 0 aromatic heterocycles. The van der Waals surface area contributed by atoms with Crippen LogP contribution in [0.1, 0.15) is 31.4 Å². The van der Waals surface area contributed by atoms with Gasteiger partial charge in [0.1, 0.15) is 0 Å². The lowest BCUT2D eigenvalue weighted by atomic mass is 9.98. The molecule has 6 nitrogen and oxygen atoms in total. The topological polar surface area (TPSA) is 63.2 Å². The maximum atomic E-state index is 12.0. The first-order valence-corrected chi connectivity index (χ1v) is 13.1. The maximum absolute atomic E-state index is 12.0. The molecule has 0 heterocycles. The zero-order valence-corrected chi connectivity index (χ0v) is 20.1. The van der Waals surface area contributed by atoms with Gasteiger partial charge in [-0.25, -0.2) is 9.37 Å². The van der Waals surface area contributed by atoms with Gasteiger partial charge < -0.3 is 19.1 Å². The molecule has 8 heteroatoms.